The van der Waals surface area contributed by atoms with E-state index in [9.17, 15) is 13.6 Å². The summed E-state index contributed by atoms with van der Waals surface area (Å²) in [7, 11) is 0. The van der Waals surface area contributed by atoms with Crippen molar-refractivity contribution in [2.75, 3.05) is 6.54 Å². The molecular formula is C12H11F2NO. The topological polar surface area (TPSA) is 20.3 Å². The van der Waals surface area contributed by atoms with Crippen LogP contribution in [0.3, 0.4) is 0 Å². The molecule has 16 heavy (non-hydrogen) atoms. The summed E-state index contributed by atoms with van der Waals surface area (Å²) >= 11 is 0. The molecule has 0 aliphatic carbocycles. The fraction of sp³-hybridized carbons (Fsp3) is 0.250. The van der Waals surface area contributed by atoms with E-state index in [4.69, 9.17) is 0 Å². The molecular weight excluding hydrogens is 212 g/mol. The monoisotopic (exact) mass is 223 g/mol. The first kappa shape index (κ1) is 10.8. The lowest BCUT2D eigenvalue weighted by molar-refractivity contribution is -0.135. The van der Waals surface area contributed by atoms with Gasteiger partial charge in [0.25, 0.3) is 5.92 Å². The zero-order valence-electron chi connectivity index (χ0n) is 8.62. The third kappa shape index (κ3) is 1.71. The predicted octanol–water partition coefficient (Wildman–Crippen LogP) is 2.31. The minimum atomic E-state index is -2.98. The Kier molecular flexibility index (Phi) is 2.50. The van der Waals surface area contributed by atoms with E-state index in [1.165, 1.54) is 6.07 Å². The van der Waals surface area contributed by atoms with Gasteiger partial charge in [-0.15, -0.1) is 0 Å². The smallest absolute Gasteiger partial charge is 0.290 e. The third-order valence-corrected chi connectivity index (χ3v) is 2.65. The van der Waals surface area contributed by atoms with Gasteiger partial charge in [0.05, 0.1) is 6.54 Å². The maximum absolute atomic E-state index is 13.7. The Morgan fingerprint density at radius 2 is 2.12 bits per heavy atom. The third-order valence-electron chi connectivity index (χ3n) is 2.65. The Bertz CT molecular complexity index is 442. The lowest BCUT2D eigenvalue weighted by Gasteiger charge is -2.33. The second-order valence-corrected chi connectivity index (χ2v) is 3.76. The van der Waals surface area contributed by atoms with Crippen molar-refractivity contribution in [1.82, 2.24) is 4.90 Å². The molecule has 0 fully saturated rings. The van der Waals surface area contributed by atoms with E-state index >= 15 is 0 Å². The van der Waals surface area contributed by atoms with Gasteiger partial charge < -0.3 is 4.90 Å². The maximum Gasteiger partial charge on any atom is 0.290 e. The van der Waals surface area contributed by atoms with Crippen molar-refractivity contribution >= 4 is 5.91 Å². The average molecular weight is 223 g/mol. The van der Waals surface area contributed by atoms with Crippen LogP contribution in [0.25, 0.3) is 0 Å². The number of nitrogens with zero attached hydrogens (tertiary/aromatic N) is 1. The number of amides is 1. The minimum Gasteiger partial charge on any atom is -0.328 e. The van der Waals surface area contributed by atoms with Gasteiger partial charge in [-0.2, -0.15) is 8.78 Å². The number of carbonyl (C=O) groups is 1. The molecule has 0 aromatic heterocycles. The van der Waals surface area contributed by atoms with Crippen LogP contribution in [0, 0.1) is 0 Å². The molecule has 1 aromatic rings. The van der Waals surface area contributed by atoms with Crippen molar-refractivity contribution in [1.29, 1.82) is 0 Å². The lowest BCUT2D eigenvalue weighted by Crippen LogP contribution is -2.43. The number of benzene rings is 1. The van der Waals surface area contributed by atoms with Crippen molar-refractivity contribution in [3.63, 3.8) is 0 Å². The number of rotatable bonds is 1. The van der Waals surface area contributed by atoms with E-state index in [0.29, 0.717) is 5.56 Å². The number of hydrogen-bond acceptors (Lipinski definition) is 1. The van der Waals surface area contributed by atoms with Gasteiger partial charge in [0.15, 0.2) is 0 Å². The molecule has 1 aromatic carbocycles. The fourth-order valence-corrected chi connectivity index (χ4v) is 1.89. The van der Waals surface area contributed by atoms with E-state index in [0.717, 1.165) is 11.0 Å². The lowest BCUT2D eigenvalue weighted by atomic mass is 9.96. The molecule has 0 spiro atoms. The van der Waals surface area contributed by atoms with Crippen molar-refractivity contribution < 1.29 is 13.6 Å². The first-order valence-corrected chi connectivity index (χ1v) is 4.92. The van der Waals surface area contributed by atoms with Gasteiger partial charge >= 0.3 is 0 Å². The van der Waals surface area contributed by atoms with Gasteiger partial charge in [0, 0.05) is 12.1 Å². The maximum atomic E-state index is 13.7. The first-order chi connectivity index (χ1) is 7.54. The molecule has 0 saturated heterocycles. The second-order valence-electron chi connectivity index (χ2n) is 3.76. The average Bonchev–Trinajstić information content (AvgIpc) is 2.27. The van der Waals surface area contributed by atoms with Crippen LogP contribution in [0.4, 0.5) is 8.78 Å². The molecule has 1 amide bonds. The van der Waals surface area contributed by atoms with Crippen LogP contribution >= 0.6 is 0 Å². The number of carbonyl (C=O) groups excluding carboxylic acids is 1. The van der Waals surface area contributed by atoms with Gasteiger partial charge in [-0.05, 0) is 11.6 Å². The number of halogens is 2. The molecule has 0 N–H and O–H groups in total. The summed E-state index contributed by atoms with van der Waals surface area (Å²) < 4.78 is 27.4. The van der Waals surface area contributed by atoms with Crippen LogP contribution in [0.1, 0.15) is 11.1 Å². The molecule has 0 radical (unpaired) electrons. The molecule has 2 nitrogen and oxygen atoms in total. The van der Waals surface area contributed by atoms with Crippen molar-refractivity contribution in [2.24, 2.45) is 0 Å². The number of alkyl halides is 2. The highest BCUT2D eigenvalue weighted by Crippen LogP contribution is 2.36. The van der Waals surface area contributed by atoms with Crippen LogP contribution in [-0.2, 0) is 17.3 Å². The summed E-state index contributed by atoms with van der Waals surface area (Å²) in [4.78, 5) is 12.4. The largest absolute Gasteiger partial charge is 0.328 e. The Morgan fingerprint density at radius 3 is 2.81 bits per heavy atom. The summed E-state index contributed by atoms with van der Waals surface area (Å²) in [6.45, 7) is 2.95. The van der Waals surface area contributed by atoms with Crippen LogP contribution in [-0.4, -0.2) is 17.4 Å². The molecule has 4 heteroatoms. The van der Waals surface area contributed by atoms with Gasteiger partial charge in [-0.25, -0.2) is 0 Å². The Labute approximate surface area is 92.2 Å². The minimum absolute atomic E-state index is 0.0168. The summed E-state index contributed by atoms with van der Waals surface area (Å²) in [5.41, 5.74) is 0.511. The number of hydrogen-bond donors (Lipinski definition) is 0. The predicted molar refractivity (Wildman–Crippen MR) is 56.0 cm³/mol. The van der Waals surface area contributed by atoms with Gasteiger partial charge in [-0.1, -0.05) is 30.8 Å². The SMILES string of the molecule is C=CC(=O)N1Cc2ccccc2C(F)(F)C1. The molecule has 0 atom stereocenters. The van der Waals surface area contributed by atoms with E-state index < -0.39 is 18.4 Å². The standard InChI is InChI=1S/C12H11F2NO/c1-2-11(16)15-7-9-5-3-4-6-10(9)12(13,14)8-15/h2-6H,1,7-8H2. The number of fused-ring (bicyclic) bond motifs is 1. The summed E-state index contributed by atoms with van der Waals surface area (Å²) in [6.07, 6.45) is 1.06. The van der Waals surface area contributed by atoms with Crippen LogP contribution in [0.2, 0.25) is 0 Å². The van der Waals surface area contributed by atoms with Crippen molar-refractivity contribution in [3.8, 4) is 0 Å². The second kappa shape index (κ2) is 3.70. The molecule has 1 aliphatic heterocycles. The summed E-state index contributed by atoms with van der Waals surface area (Å²) in [6, 6.07) is 6.30. The van der Waals surface area contributed by atoms with E-state index in [1.54, 1.807) is 18.2 Å². The fourth-order valence-electron chi connectivity index (χ4n) is 1.89. The molecule has 0 saturated carbocycles. The Morgan fingerprint density at radius 1 is 1.44 bits per heavy atom. The Hall–Kier alpha value is -1.71. The van der Waals surface area contributed by atoms with Crippen molar-refractivity contribution in [3.05, 3.63) is 48.0 Å². The van der Waals surface area contributed by atoms with Gasteiger partial charge in [0.1, 0.15) is 0 Å². The van der Waals surface area contributed by atoms with E-state index in [-0.39, 0.29) is 12.1 Å². The van der Waals surface area contributed by atoms with Crippen LogP contribution in [0.5, 0.6) is 0 Å². The Balaban J connectivity index is 2.40. The van der Waals surface area contributed by atoms with E-state index in [1.807, 2.05) is 0 Å². The molecule has 84 valence electrons. The summed E-state index contributed by atoms with van der Waals surface area (Å²) in [5.74, 6) is -3.44. The zero-order valence-corrected chi connectivity index (χ0v) is 8.62. The van der Waals surface area contributed by atoms with Crippen LogP contribution in [0.15, 0.2) is 36.9 Å². The van der Waals surface area contributed by atoms with Crippen LogP contribution < -0.4 is 0 Å². The van der Waals surface area contributed by atoms with Crippen molar-refractivity contribution in [2.45, 2.75) is 12.5 Å². The molecule has 1 aliphatic rings. The first-order valence-electron chi connectivity index (χ1n) is 4.92. The van der Waals surface area contributed by atoms with Gasteiger partial charge in [0.2, 0.25) is 5.91 Å². The normalized spacial score (nSPS) is 17.8. The highest BCUT2D eigenvalue weighted by atomic mass is 19.3. The quantitative estimate of drug-likeness (QED) is 0.669. The summed E-state index contributed by atoms with van der Waals surface area (Å²) in [5, 5.41) is 0. The zero-order chi connectivity index (χ0) is 11.8. The van der Waals surface area contributed by atoms with Gasteiger partial charge in [-0.3, -0.25) is 4.79 Å². The molecule has 1 heterocycles. The molecule has 2 rings (SSSR count). The van der Waals surface area contributed by atoms with E-state index in [2.05, 4.69) is 6.58 Å². The highest BCUT2D eigenvalue weighted by Gasteiger charge is 2.40. The molecule has 0 bridgehead atoms. The highest BCUT2D eigenvalue weighted by molar-refractivity contribution is 5.87. The molecule has 0 unspecified atom stereocenters.